The Morgan fingerprint density at radius 3 is 2.59 bits per heavy atom. The first-order valence-corrected chi connectivity index (χ1v) is 6.67. The molecule has 0 bridgehead atoms. The zero-order valence-corrected chi connectivity index (χ0v) is 11.1. The van der Waals surface area contributed by atoms with Crippen LogP contribution < -0.4 is 11.1 Å². The standard InChI is InChI=1S/C13H26N2O2/c1-3-11(10-17-2)15-12(16)9-13(14)7-5-4-6-8-13/h11H,3-10,14H2,1-2H3,(H,15,16). The van der Waals surface area contributed by atoms with E-state index in [0.717, 1.165) is 32.1 Å². The Hall–Kier alpha value is -0.610. The van der Waals surface area contributed by atoms with Crippen molar-refractivity contribution in [2.45, 2.75) is 63.5 Å². The topological polar surface area (TPSA) is 64.3 Å². The van der Waals surface area contributed by atoms with E-state index in [1.165, 1.54) is 6.42 Å². The van der Waals surface area contributed by atoms with Crippen molar-refractivity contribution in [3.63, 3.8) is 0 Å². The number of carbonyl (C=O) groups excluding carboxylic acids is 1. The Labute approximate surface area is 104 Å². The van der Waals surface area contributed by atoms with Gasteiger partial charge in [-0.25, -0.2) is 0 Å². The Morgan fingerprint density at radius 2 is 2.06 bits per heavy atom. The van der Waals surface area contributed by atoms with E-state index in [-0.39, 0.29) is 17.5 Å². The van der Waals surface area contributed by atoms with Crippen LogP contribution in [0.3, 0.4) is 0 Å². The lowest BCUT2D eigenvalue weighted by Crippen LogP contribution is -2.48. The van der Waals surface area contributed by atoms with E-state index in [9.17, 15) is 4.79 Å². The number of ether oxygens (including phenoxy) is 1. The van der Waals surface area contributed by atoms with E-state index >= 15 is 0 Å². The van der Waals surface area contributed by atoms with E-state index in [1.54, 1.807) is 7.11 Å². The number of hydrogen-bond donors (Lipinski definition) is 2. The number of hydrogen-bond acceptors (Lipinski definition) is 3. The lowest BCUT2D eigenvalue weighted by Gasteiger charge is -2.33. The minimum absolute atomic E-state index is 0.0679. The second kappa shape index (κ2) is 6.97. The normalized spacial score (nSPS) is 20.9. The Kier molecular flexibility index (Phi) is 5.92. The molecular formula is C13H26N2O2. The Bertz CT molecular complexity index is 238. The molecule has 4 nitrogen and oxygen atoms in total. The highest BCUT2D eigenvalue weighted by atomic mass is 16.5. The first kappa shape index (κ1) is 14.5. The summed E-state index contributed by atoms with van der Waals surface area (Å²) in [4.78, 5) is 11.9. The third kappa shape index (κ3) is 5.04. The molecule has 3 N–H and O–H groups in total. The number of rotatable bonds is 6. The van der Waals surface area contributed by atoms with E-state index in [2.05, 4.69) is 5.32 Å². The molecule has 100 valence electrons. The van der Waals surface area contributed by atoms with Gasteiger partial charge in [-0.05, 0) is 19.3 Å². The molecule has 0 saturated heterocycles. The average Bonchev–Trinajstić information content (AvgIpc) is 2.28. The van der Waals surface area contributed by atoms with Crippen molar-refractivity contribution in [1.29, 1.82) is 0 Å². The van der Waals surface area contributed by atoms with Gasteiger partial charge in [0.05, 0.1) is 12.6 Å². The predicted molar refractivity (Wildman–Crippen MR) is 68.7 cm³/mol. The molecule has 1 rings (SSSR count). The van der Waals surface area contributed by atoms with Gasteiger partial charge in [0.1, 0.15) is 0 Å². The SMILES string of the molecule is CCC(COC)NC(=O)CC1(N)CCCCC1. The Balaban J connectivity index is 2.36. The van der Waals surface area contributed by atoms with E-state index < -0.39 is 0 Å². The maximum atomic E-state index is 11.9. The summed E-state index contributed by atoms with van der Waals surface area (Å²) >= 11 is 0. The van der Waals surface area contributed by atoms with Gasteiger partial charge in [0, 0.05) is 19.1 Å². The quantitative estimate of drug-likeness (QED) is 0.743. The second-order valence-corrected chi connectivity index (χ2v) is 5.23. The molecule has 1 fully saturated rings. The summed E-state index contributed by atoms with van der Waals surface area (Å²) in [7, 11) is 1.65. The van der Waals surface area contributed by atoms with Crippen LogP contribution >= 0.6 is 0 Å². The van der Waals surface area contributed by atoms with Crippen molar-refractivity contribution in [3.05, 3.63) is 0 Å². The summed E-state index contributed by atoms with van der Waals surface area (Å²) in [5.41, 5.74) is 5.99. The monoisotopic (exact) mass is 242 g/mol. The van der Waals surface area contributed by atoms with Crippen molar-refractivity contribution < 1.29 is 9.53 Å². The minimum Gasteiger partial charge on any atom is -0.383 e. The number of nitrogens with one attached hydrogen (secondary N) is 1. The molecular weight excluding hydrogens is 216 g/mol. The van der Waals surface area contributed by atoms with Crippen LogP contribution in [0.15, 0.2) is 0 Å². The van der Waals surface area contributed by atoms with E-state index in [4.69, 9.17) is 10.5 Å². The van der Waals surface area contributed by atoms with Gasteiger partial charge in [0.25, 0.3) is 0 Å². The van der Waals surface area contributed by atoms with Crippen LogP contribution in [0, 0.1) is 0 Å². The highest BCUT2D eigenvalue weighted by Gasteiger charge is 2.30. The van der Waals surface area contributed by atoms with E-state index in [1.807, 2.05) is 6.92 Å². The van der Waals surface area contributed by atoms with Crippen molar-refractivity contribution in [2.75, 3.05) is 13.7 Å². The molecule has 17 heavy (non-hydrogen) atoms. The highest BCUT2D eigenvalue weighted by Crippen LogP contribution is 2.28. The van der Waals surface area contributed by atoms with Crippen LogP contribution in [0.5, 0.6) is 0 Å². The van der Waals surface area contributed by atoms with Crippen molar-refractivity contribution in [2.24, 2.45) is 5.73 Å². The summed E-state index contributed by atoms with van der Waals surface area (Å²) < 4.78 is 5.06. The molecule has 0 spiro atoms. The van der Waals surface area contributed by atoms with Crippen LogP contribution in [0.2, 0.25) is 0 Å². The van der Waals surface area contributed by atoms with Gasteiger partial charge in [0.2, 0.25) is 5.91 Å². The van der Waals surface area contributed by atoms with Crippen molar-refractivity contribution >= 4 is 5.91 Å². The molecule has 1 unspecified atom stereocenters. The van der Waals surface area contributed by atoms with Gasteiger partial charge < -0.3 is 15.8 Å². The third-order valence-electron chi connectivity index (χ3n) is 3.59. The minimum atomic E-state index is -0.270. The fourth-order valence-corrected chi connectivity index (χ4v) is 2.49. The average molecular weight is 242 g/mol. The molecule has 1 aliphatic carbocycles. The van der Waals surface area contributed by atoms with Crippen LogP contribution in [-0.4, -0.2) is 31.2 Å². The number of amides is 1. The van der Waals surface area contributed by atoms with Crippen LogP contribution in [-0.2, 0) is 9.53 Å². The summed E-state index contributed by atoms with van der Waals surface area (Å²) in [6.07, 6.45) is 6.84. The van der Waals surface area contributed by atoms with Gasteiger partial charge in [-0.15, -0.1) is 0 Å². The van der Waals surface area contributed by atoms with Gasteiger partial charge in [-0.3, -0.25) is 4.79 Å². The van der Waals surface area contributed by atoms with E-state index in [0.29, 0.717) is 13.0 Å². The molecule has 0 aromatic heterocycles. The zero-order chi connectivity index (χ0) is 12.7. The number of nitrogens with two attached hydrogens (primary N) is 1. The highest BCUT2D eigenvalue weighted by molar-refractivity contribution is 5.77. The molecule has 0 aromatic carbocycles. The van der Waals surface area contributed by atoms with Crippen LogP contribution in [0.25, 0.3) is 0 Å². The third-order valence-corrected chi connectivity index (χ3v) is 3.59. The van der Waals surface area contributed by atoms with Gasteiger partial charge in [-0.1, -0.05) is 26.2 Å². The smallest absolute Gasteiger partial charge is 0.222 e. The summed E-state index contributed by atoms with van der Waals surface area (Å²) in [5, 5.41) is 3.00. The maximum Gasteiger partial charge on any atom is 0.222 e. The fourth-order valence-electron chi connectivity index (χ4n) is 2.49. The molecule has 1 atom stereocenters. The lowest BCUT2D eigenvalue weighted by molar-refractivity contribution is -0.123. The van der Waals surface area contributed by atoms with Crippen LogP contribution in [0.1, 0.15) is 51.9 Å². The van der Waals surface area contributed by atoms with Gasteiger partial charge in [-0.2, -0.15) is 0 Å². The van der Waals surface area contributed by atoms with Crippen molar-refractivity contribution in [3.8, 4) is 0 Å². The largest absolute Gasteiger partial charge is 0.383 e. The summed E-state index contributed by atoms with van der Waals surface area (Å²) in [6.45, 7) is 2.61. The summed E-state index contributed by atoms with van der Waals surface area (Å²) in [5.74, 6) is 0.0679. The second-order valence-electron chi connectivity index (χ2n) is 5.23. The Morgan fingerprint density at radius 1 is 1.41 bits per heavy atom. The lowest BCUT2D eigenvalue weighted by atomic mass is 9.80. The first-order valence-electron chi connectivity index (χ1n) is 6.67. The molecule has 4 heteroatoms. The van der Waals surface area contributed by atoms with Crippen molar-refractivity contribution in [1.82, 2.24) is 5.32 Å². The molecule has 1 aliphatic rings. The van der Waals surface area contributed by atoms with Gasteiger partial charge in [0.15, 0.2) is 0 Å². The number of carbonyl (C=O) groups is 1. The van der Waals surface area contributed by atoms with Gasteiger partial charge >= 0.3 is 0 Å². The number of methoxy groups -OCH3 is 1. The summed E-state index contributed by atoms with van der Waals surface area (Å²) in [6, 6.07) is 0.111. The predicted octanol–water partition coefficient (Wildman–Crippen LogP) is 1.58. The molecule has 0 radical (unpaired) electrons. The molecule has 0 aliphatic heterocycles. The van der Waals surface area contributed by atoms with Crippen LogP contribution in [0.4, 0.5) is 0 Å². The maximum absolute atomic E-state index is 11.9. The molecule has 1 saturated carbocycles. The molecule has 0 aromatic rings. The first-order chi connectivity index (χ1) is 8.09. The molecule has 1 amide bonds. The fraction of sp³-hybridized carbons (Fsp3) is 0.923. The molecule has 0 heterocycles. The zero-order valence-electron chi connectivity index (χ0n) is 11.1.